The molecule has 0 bridgehead atoms. The average molecular weight is 585 g/mol. The fraction of sp³-hybridized carbons (Fsp3) is 0.636. The first-order valence-electron chi connectivity index (χ1n) is 15.2. The Balaban J connectivity index is 2.20. The Hall–Kier alpha value is -3.20. The fourth-order valence-corrected chi connectivity index (χ4v) is 5.52. The predicted octanol–water partition coefficient (Wildman–Crippen LogP) is 3.72. The van der Waals surface area contributed by atoms with E-state index in [0.29, 0.717) is 12.0 Å². The molecule has 1 unspecified atom stereocenters. The van der Waals surface area contributed by atoms with Crippen molar-refractivity contribution < 1.29 is 23.9 Å². The largest absolute Gasteiger partial charge is 0.467 e. The quantitative estimate of drug-likeness (QED) is 0.270. The number of nitrogens with zero attached hydrogens (tertiary/aromatic N) is 2. The van der Waals surface area contributed by atoms with Crippen molar-refractivity contribution in [1.82, 2.24) is 20.4 Å². The lowest BCUT2D eigenvalue weighted by atomic mass is 9.95. The van der Waals surface area contributed by atoms with Gasteiger partial charge in [-0.15, -0.1) is 0 Å². The first-order chi connectivity index (χ1) is 19.8. The highest BCUT2D eigenvalue weighted by Crippen LogP contribution is 2.21. The van der Waals surface area contributed by atoms with Crippen molar-refractivity contribution in [2.24, 2.45) is 11.8 Å². The van der Waals surface area contributed by atoms with E-state index in [1.807, 2.05) is 58.0 Å². The molecule has 2 rings (SSSR count). The lowest BCUT2D eigenvalue weighted by Crippen LogP contribution is -2.58. The van der Waals surface area contributed by atoms with Crippen molar-refractivity contribution in [3.05, 3.63) is 47.5 Å². The number of esters is 1. The third kappa shape index (κ3) is 9.68. The van der Waals surface area contributed by atoms with Gasteiger partial charge in [-0.3, -0.25) is 19.3 Å². The minimum absolute atomic E-state index is 0.0132. The fourth-order valence-electron chi connectivity index (χ4n) is 5.52. The van der Waals surface area contributed by atoms with E-state index in [4.69, 9.17) is 4.74 Å². The topological polar surface area (TPSA) is 108 Å². The highest BCUT2D eigenvalue weighted by atomic mass is 16.5. The maximum Gasteiger partial charge on any atom is 0.328 e. The summed E-state index contributed by atoms with van der Waals surface area (Å²) in [5, 5.41) is 5.86. The molecule has 1 aliphatic rings. The highest BCUT2D eigenvalue weighted by Gasteiger charge is 2.36. The molecule has 9 heteroatoms. The number of likely N-dealkylation sites (tertiary alicyclic amines) is 1. The van der Waals surface area contributed by atoms with Crippen molar-refractivity contribution in [3.8, 4) is 0 Å². The molecule has 234 valence electrons. The van der Waals surface area contributed by atoms with E-state index in [-0.39, 0.29) is 35.7 Å². The molecule has 42 heavy (non-hydrogen) atoms. The van der Waals surface area contributed by atoms with Gasteiger partial charge in [0.25, 0.3) is 0 Å². The molecule has 1 saturated heterocycles. The van der Waals surface area contributed by atoms with E-state index >= 15 is 0 Å². The van der Waals surface area contributed by atoms with Crippen LogP contribution in [0.15, 0.2) is 42.0 Å². The number of rotatable bonds is 13. The van der Waals surface area contributed by atoms with E-state index < -0.39 is 30.0 Å². The number of carbonyl (C=O) groups is 4. The summed E-state index contributed by atoms with van der Waals surface area (Å²) in [6, 6.07) is 7.45. The summed E-state index contributed by atoms with van der Waals surface area (Å²) in [4.78, 5) is 56.7. The second-order valence-corrected chi connectivity index (χ2v) is 12.3. The molecule has 9 nitrogen and oxygen atoms in total. The highest BCUT2D eigenvalue weighted by molar-refractivity contribution is 5.96. The number of likely N-dealkylation sites (N-methyl/N-ethyl adjacent to an activating group) is 1. The van der Waals surface area contributed by atoms with E-state index in [1.165, 1.54) is 7.11 Å². The summed E-state index contributed by atoms with van der Waals surface area (Å²) in [6.07, 6.45) is 4.89. The van der Waals surface area contributed by atoms with Crippen LogP contribution in [0.2, 0.25) is 0 Å². The number of hydrogen-bond donors (Lipinski definition) is 2. The first-order valence-corrected chi connectivity index (χ1v) is 15.2. The molecule has 1 heterocycles. The maximum atomic E-state index is 13.8. The molecule has 0 aromatic heterocycles. The van der Waals surface area contributed by atoms with Gasteiger partial charge < -0.3 is 20.3 Å². The summed E-state index contributed by atoms with van der Waals surface area (Å²) < 4.78 is 4.93. The van der Waals surface area contributed by atoms with Gasteiger partial charge in [0.2, 0.25) is 17.7 Å². The Kier molecular flexibility index (Phi) is 13.7. The van der Waals surface area contributed by atoms with Crippen LogP contribution in [0.25, 0.3) is 0 Å². The van der Waals surface area contributed by atoms with Gasteiger partial charge in [0, 0.05) is 25.1 Å². The molecule has 1 aromatic carbocycles. The van der Waals surface area contributed by atoms with Crippen LogP contribution in [0, 0.1) is 11.8 Å². The normalized spacial score (nSPS) is 18.4. The van der Waals surface area contributed by atoms with Gasteiger partial charge in [0.1, 0.15) is 12.1 Å². The summed E-state index contributed by atoms with van der Waals surface area (Å²) in [5.74, 6) is -1.39. The predicted molar refractivity (Wildman–Crippen MR) is 165 cm³/mol. The summed E-state index contributed by atoms with van der Waals surface area (Å²) in [6.45, 7) is 14.6. The molecule has 4 atom stereocenters. The second-order valence-electron chi connectivity index (χ2n) is 12.3. The average Bonchev–Trinajstić information content (AvgIpc) is 2.96. The van der Waals surface area contributed by atoms with E-state index in [2.05, 4.69) is 29.4 Å². The Bertz CT molecular complexity index is 1090. The van der Waals surface area contributed by atoms with Crippen molar-refractivity contribution in [2.75, 3.05) is 20.7 Å². The molecule has 0 radical (unpaired) electrons. The molecule has 2 N–H and O–H groups in total. The number of benzene rings is 1. The number of methoxy groups -OCH3 is 1. The number of ether oxygens (including phenoxy) is 1. The molecule has 0 saturated carbocycles. The van der Waals surface area contributed by atoms with Crippen LogP contribution in [0.3, 0.4) is 0 Å². The molecule has 3 amide bonds. The van der Waals surface area contributed by atoms with Crippen LogP contribution in [0.4, 0.5) is 0 Å². The number of hydrogen-bond acceptors (Lipinski definition) is 6. The van der Waals surface area contributed by atoms with Gasteiger partial charge in [-0.1, -0.05) is 70.5 Å². The summed E-state index contributed by atoms with van der Waals surface area (Å²) in [7, 11) is 3.01. The Morgan fingerprint density at radius 3 is 2.19 bits per heavy atom. The third-order valence-corrected chi connectivity index (χ3v) is 8.07. The maximum absolute atomic E-state index is 13.8. The number of amides is 3. The summed E-state index contributed by atoms with van der Waals surface area (Å²) >= 11 is 0. The lowest BCUT2D eigenvalue weighted by molar-refractivity contribution is -0.144. The number of nitrogens with one attached hydrogen (secondary N) is 2. The van der Waals surface area contributed by atoms with Gasteiger partial charge in [0.05, 0.1) is 19.2 Å². The first kappa shape index (κ1) is 35.0. The molecule has 1 fully saturated rings. The van der Waals surface area contributed by atoms with Crippen molar-refractivity contribution in [2.45, 2.75) is 104 Å². The van der Waals surface area contributed by atoms with Gasteiger partial charge in [0.15, 0.2) is 0 Å². The Morgan fingerprint density at radius 1 is 1.00 bits per heavy atom. The molecule has 0 aliphatic carbocycles. The minimum atomic E-state index is -0.851. The van der Waals surface area contributed by atoms with Crippen LogP contribution >= 0.6 is 0 Å². The van der Waals surface area contributed by atoms with Gasteiger partial charge >= 0.3 is 5.97 Å². The van der Waals surface area contributed by atoms with E-state index in [9.17, 15) is 19.2 Å². The van der Waals surface area contributed by atoms with Crippen molar-refractivity contribution >= 4 is 23.7 Å². The zero-order chi connectivity index (χ0) is 31.6. The molecular weight excluding hydrogens is 532 g/mol. The third-order valence-electron chi connectivity index (χ3n) is 8.07. The monoisotopic (exact) mass is 584 g/mol. The van der Waals surface area contributed by atoms with Crippen LogP contribution in [-0.2, 0) is 30.3 Å². The van der Waals surface area contributed by atoms with E-state index in [0.717, 1.165) is 31.4 Å². The summed E-state index contributed by atoms with van der Waals surface area (Å²) in [5.41, 5.74) is 1.28. The zero-order valence-electron chi connectivity index (χ0n) is 27.0. The van der Waals surface area contributed by atoms with Crippen LogP contribution < -0.4 is 10.6 Å². The molecule has 1 aromatic rings. The lowest BCUT2D eigenvalue weighted by Gasteiger charge is -2.39. The van der Waals surface area contributed by atoms with Crippen LogP contribution in [0.1, 0.15) is 73.3 Å². The second kappa shape index (κ2) is 16.4. The number of piperidine rings is 1. The van der Waals surface area contributed by atoms with Crippen LogP contribution in [0.5, 0.6) is 0 Å². The van der Waals surface area contributed by atoms with Crippen molar-refractivity contribution in [3.63, 3.8) is 0 Å². The minimum Gasteiger partial charge on any atom is -0.467 e. The van der Waals surface area contributed by atoms with Gasteiger partial charge in [-0.25, -0.2) is 4.79 Å². The molecule has 0 spiro atoms. The Labute approximate surface area is 252 Å². The standard InChI is InChI=1S/C33H52N4O5/c1-21(2)28(19-24(7)30(38)34-26(33(41)42-9)20-25-15-11-10-12-16-25)36(8)32(40)29(22(3)4)35-31(39)27-17-13-14-18-37(27)23(5)6/h10-12,15-16,19,21-23,26-29H,13-14,17-18,20H2,1-9H3,(H,34,38)(H,35,39)/b24-19+/t26-,27?,28+,29-/m0/s1. The smallest absolute Gasteiger partial charge is 0.328 e. The molecule has 1 aliphatic heterocycles. The van der Waals surface area contributed by atoms with Crippen LogP contribution in [-0.4, -0.2) is 84.4 Å². The van der Waals surface area contributed by atoms with Crippen molar-refractivity contribution in [1.29, 1.82) is 0 Å². The zero-order valence-corrected chi connectivity index (χ0v) is 27.0. The number of carbonyl (C=O) groups excluding carboxylic acids is 4. The van der Waals surface area contributed by atoms with Gasteiger partial charge in [-0.2, -0.15) is 0 Å². The Morgan fingerprint density at radius 2 is 1.64 bits per heavy atom. The molecular formula is C33H52N4O5. The SMILES string of the molecule is COC(=O)[C@H](Cc1ccccc1)NC(=O)/C(C)=C/[C@H](C(C)C)N(C)C(=O)[C@@H](NC(=O)C1CCCCN1C(C)C)C(C)C. The van der Waals surface area contributed by atoms with E-state index in [1.54, 1.807) is 24.9 Å². The van der Waals surface area contributed by atoms with Gasteiger partial charge in [-0.05, 0) is 57.6 Å².